The summed E-state index contributed by atoms with van der Waals surface area (Å²) < 4.78 is 10.4. The molecule has 1 N–H and O–H groups in total. The summed E-state index contributed by atoms with van der Waals surface area (Å²) in [4.78, 5) is 12.5. The summed E-state index contributed by atoms with van der Waals surface area (Å²) in [6.45, 7) is 0. The van der Waals surface area contributed by atoms with Crippen LogP contribution in [0, 0.1) is 5.92 Å². The van der Waals surface area contributed by atoms with E-state index >= 15 is 0 Å². The number of benzene rings is 1. The second kappa shape index (κ2) is 7.55. The number of halogens is 1. The molecule has 116 valence electrons. The van der Waals surface area contributed by atoms with E-state index in [0.717, 1.165) is 19.3 Å². The molecule has 21 heavy (non-hydrogen) atoms. The van der Waals surface area contributed by atoms with Crippen LogP contribution >= 0.6 is 11.6 Å². The van der Waals surface area contributed by atoms with Gasteiger partial charge in [0.15, 0.2) is 0 Å². The number of methoxy groups -OCH3 is 2. The fraction of sp³-hybridized carbons (Fsp3) is 0.562. The Labute approximate surface area is 130 Å². The molecule has 0 heterocycles. The molecule has 1 aliphatic carbocycles. The molecule has 0 spiro atoms. The van der Waals surface area contributed by atoms with Crippen LogP contribution in [0.5, 0.6) is 11.5 Å². The van der Waals surface area contributed by atoms with Gasteiger partial charge in [-0.25, -0.2) is 0 Å². The van der Waals surface area contributed by atoms with Crippen molar-refractivity contribution in [1.29, 1.82) is 0 Å². The third-order valence-corrected chi connectivity index (χ3v) is 4.47. The van der Waals surface area contributed by atoms with Gasteiger partial charge in [-0.3, -0.25) is 4.79 Å². The average molecular weight is 312 g/mol. The van der Waals surface area contributed by atoms with E-state index < -0.39 is 0 Å². The Hall–Kier alpha value is -1.42. The van der Waals surface area contributed by atoms with Crippen molar-refractivity contribution in [2.45, 2.75) is 31.7 Å². The molecule has 0 aromatic heterocycles. The number of alkyl halides is 1. The number of carbonyl (C=O) groups is 1. The molecule has 5 heteroatoms. The molecule has 1 saturated carbocycles. The fourth-order valence-electron chi connectivity index (χ4n) is 2.81. The topological polar surface area (TPSA) is 47.6 Å². The van der Waals surface area contributed by atoms with Gasteiger partial charge in [0.05, 0.1) is 19.8 Å². The van der Waals surface area contributed by atoms with E-state index in [-0.39, 0.29) is 11.9 Å². The molecule has 0 bridgehead atoms. The SMILES string of the molecule is COc1ccc(C(=O)NC2CCCCC2CCl)c(OC)c1. The van der Waals surface area contributed by atoms with Crippen molar-refractivity contribution in [2.75, 3.05) is 20.1 Å². The van der Waals surface area contributed by atoms with Crippen molar-refractivity contribution >= 4 is 17.5 Å². The van der Waals surface area contributed by atoms with Crippen LogP contribution in [-0.4, -0.2) is 32.0 Å². The van der Waals surface area contributed by atoms with Crippen LogP contribution in [-0.2, 0) is 0 Å². The molecular formula is C16H22ClNO3. The van der Waals surface area contributed by atoms with E-state index in [1.165, 1.54) is 6.42 Å². The lowest BCUT2D eigenvalue weighted by Crippen LogP contribution is -2.42. The number of carbonyl (C=O) groups excluding carboxylic acids is 1. The fourth-order valence-corrected chi connectivity index (χ4v) is 3.18. The van der Waals surface area contributed by atoms with Crippen LogP contribution in [0.2, 0.25) is 0 Å². The first kappa shape index (κ1) is 16.0. The van der Waals surface area contributed by atoms with Gasteiger partial charge in [0.1, 0.15) is 11.5 Å². The van der Waals surface area contributed by atoms with E-state index in [1.54, 1.807) is 32.4 Å². The maximum absolute atomic E-state index is 12.5. The molecule has 4 nitrogen and oxygen atoms in total. The minimum atomic E-state index is -0.114. The van der Waals surface area contributed by atoms with Crippen LogP contribution < -0.4 is 14.8 Å². The quantitative estimate of drug-likeness (QED) is 0.849. The standard InChI is InChI=1S/C16H22ClNO3/c1-20-12-7-8-13(15(9-12)21-2)16(19)18-14-6-4-3-5-11(14)10-17/h7-9,11,14H,3-6,10H2,1-2H3,(H,18,19). The van der Waals surface area contributed by atoms with Crippen LogP contribution in [0.4, 0.5) is 0 Å². The van der Waals surface area contributed by atoms with Crippen LogP contribution in [0.15, 0.2) is 18.2 Å². The number of hydrogen-bond acceptors (Lipinski definition) is 3. The van der Waals surface area contributed by atoms with Crippen molar-refractivity contribution in [1.82, 2.24) is 5.32 Å². The highest BCUT2D eigenvalue weighted by atomic mass is 35.5. The van der Waals surface area contributed by atoms with Crippen molar-refractivity contribution in [3.63, 3.8) is 0 Å². The lowest BCUT2D eigenvalue weighted by atomic mass is 9.85. The van der Waals surface area contributed by atoms with Gasteiger partial charge in [-0.2, -0.15) is 0 Å². The average Bonchev–Trinajstić information content (AvgIpc) is 2.54. The molecule has 2 atom stereocenters. The highest BCUT2D eigenvalue weighted by Gasteiger charge is 2.26. The van der Waals surface area contributed by atoms with Gasteiger partial charge in [0.25, 0.3) is 5.91 Å². The highest BCUT2D eigenvalue weighted by Crippen LogP contribution is 2.28. The Balaban J connectivity index is 2.12. The molecule has 1 aromatic carbocycles. The van der Waals surface area contributed by atoms with E-state index in [1.807, 2.05) is 0 Å². The van der Waals surface area contributed by atoms with Gasteiger partial charge < -0.3 is 14.8 Å². The lowest BCUT2D eigenvalue weighted by Gasteiger charge is -2.31. The van der Waals surface area contributed by atoms with E-state index in [0.29, 0.717) is 28.9 Å². The first-order valence-electron chi connectivity index (χ1n) is 7.28. The third-order valence-electron chi connectivity index (χ3n) is 4.08. The molecule has 1 amide bonds. The molecule has 1 fully saturated rings. The smallest absolute Gasteiger partial charge is 0.255 e. The molecule has 2 rings (SSSR count). The van der Waals surface area contributed by atoms with Crippen molar-refractivity contribution in [2.24, 2.45) is 5.92 Å². The molecule has 1 aliphatic rings. The minimum absolute atomic E-state index is 0.114. The second-order valence-electron chi connectivity index (χ2n) is 5.35. The first-order valence-corrected chi connectivity index (χ1v) is 7.82. The number of rotatable bonds is 5. The lowest BCUT2D eigenvalue weighted by molar-refractivity contribution is 0.0908. The maximum Gasteiger partial charge on any atom is 0.255 e. The zero-order chi connectivity index (χ0) is 15.2. The van der Waals surface area contributed by atoms with E-state index in [2.05, 4.69) is 5.32 Å². The molecule has 0 aliphatic heterocycles. The molecule has 0 radical (unpaired) electrons. The van der Waals surface area contributed by atoms with Crippen LogP contribution in [0.25, 0.3) is 0 Å². The van der Waals surface area contributed by atoms with Gasteiger partial charge in [0.2, 0.25) is 0 Å². The number of nitrogens with one attached hydrogen (secondary N) is 1. The Morgan fingerprint density at radius 3 is 2.71 bits per heavy atom. The van der Waals surface area contributed by atoms with Gasteiger partial charge in [-0.15, -0.1) is 11.6 Å². The normalized spacial score (nSPS) is 21.7. The third kappa shape index (κ3) is 3.82. The summed E-state index contributed by atoms with van der Waals surface area (Å²) in [5.74, 6) is 2.01. The van der Waals surface area contributed by atoms with Gasteiger partial charge >= 0.3 is 0 Å². The number of ether oxygens (including phenoxy) is 2. The summed E-state index contributed by atoms with van der Waals surface area (Å²) >= 11 is 6.01. The predicted octanol–water partition coefficient (Wildman–Crippen LogP) is 3.23. The van der Waals surface area contributed by atoms with Crippen molar-refractivity contribution in [3.8, 4) is 11.5 Å². The summed E-state index contributed by atoms with van der Waals surface area (Å²) in [6, 6.07) is 5.35. The van der Waals surface area contributed by atoms with E-state index in [9.17, 15) is 4.79 Å². The largest absolute Gasteiger partial charge is 0.497 e. The Morgan fingerprint density at radius 2 is 2.05 bits per heavy atom. The monoisotopic (exact) mass is 311 g/mol. The Bertz CT molecular complexity index is 492. The van der Waals surface area contributed by atoms with Crippen molar-refractivity contribution in [3.05, 3.63) is 23.8 Å². The summed E-state index contributed by atoms with van der Waals surface area (Å²) in [7, 11) is 3.13. The van der Waals surface area contributed by atoms with Gasteiger partial charge in [0, 0.05) is 18.0 Å². The zero-order valence-corrected chi connectivity index (χ0v) is 13.3. The minimum Gasteiger partial charge on any atom is -0.497 e. The summed E-state index contributed by atoms with van der Waals surface area (Å²) in [6.07, 6.45) is 4.39. The van der Waals surface area contributed by atoms with Crippen LogP contribution in [0.1, 0.15) is 36.0 Å². The number of amides is 1. The van der Waals surface area contributed by atoms with E-state index in [4.69, 9.17) is 21.1 Å². The van der Waals surface area contributed by atoms with Gasteiger partial charge in [-0.1, -0.05) is 12.8 Å². The molecule has 1 aromatic rings. The maximum atomic E-state index is 12.5. The molecule has 2 unspecified atom stereocenters. The second-order valence-corrected chi connectivity index (χ2v) is 5.65. The van der Waals surface area contributed by atoms with Crippen molar-refractivity contribution < 1.29 is 14.3 Å². The molecule has 0 saturated heterocycles. The first-order chi connectivity index (χ1) is 10.2. The molecular weight excluding hydrogens is 290 g/mol. The Kier molecular flexibility index (Phi) is 5.74. The summed E-state index contributed by atoms with van der Waals surface area (Å²) in [5, 5.41) is 3.10. The van der Waals surface area contributed by atoms with Gasteiger partial charge in [-0.05, 0) is 30.9 Å². The zero-order valence-electron chi connectivity index (χ0n) is 12.5. The summed E-state index contributed by atoms with van der Waals surface area (Å²) in [5.41, 5.74) is 0.525. The predicted molar refractivity (Wildman–Crippen MR) is 83.5 cm³/mol. The number of hydrogen-bond donors (Lipinski definition) is 1. The highest BCUT2D eigenvalue weighted by molar-refractivity contribution is 6.18. The Morgan fingerprint density at radius 1 is 1.29 bits per heavy atom. The van der Waals surface area contributed by atoms with Crippen LogP contribution in [0.3, 0.4) is 0 Å².